The highest BCUT2D eigenvalue weighted by Crippen LogP contribution is 2.30. The minimum absolute atomic E-state index is 0. The number of carboxylic acids is 1. The van der Waals surface area contributed by atoms with Crippen molar-refractivity contribution < 1.29 is 19.2 Å². The van der Waals surface area contributed by atoms with Crippen LogP contribution in [0.1, 0.15) is 36.8 Å². The molecule has 0 saturated heterocycles. The van der Waals surface area contributed by atoms with E-state index in [1.54, 1.807) is 24.1 Å². The molecule has 0 bridgehead atoms. The van der Waals surface area contributed by atoms with Gasteiger partial charge in [0.15, 0.2) is 0 Å². The molecule has 33 heavy (non-hydrogen) atoms. The van der Waals surface area contributed by atoms with Crippen LogP contribution in [0.3, 0.4) is 0 Å². The molecule has 0 spiro atoms. The van der Waals surface area contributed by atoms with E-state index in [1.807, 2.05) is 30.3 Å². The first kappa shape index (κ1) is 24.2. The average Bonchev–Trinajstić information content (AvgIpc) is 3.46. The molecule has 1 aliphatic rings. The molecule has 0 aliphatic heterocycles. The zero-order valence-electron chi connectivity index (χ0n) is 18.2. The minimum atomic E-state index is -0.860. The fourth-order valence-electron chi connectivity index (χ4n) is 3.85. The van der Waals surface area contributed by atoms with Crippen LogP contribution in [-0.2, 0) is 11.3 Å². The first-order valence-electron chi connectivity index (χ1n) is 10.6. The van der Waals surface area contributed by atoms with Crippen molar-refractivity contribution >= 4 is 18.4 Å². The van der Waals surface area contributed by atoms with E-state index in [2.05, 4.69) is 16.2 Å². The molecule has 2 aromatic carbocycles. The van der Waals surface area contributed by atoms with Crippen LogP contribution in [0.2, 0.25) is 0 Å². The highest BCUT2D eigenvalue weighted by Gasteiger charge is 2.19. The summed E-state index contributed by atoms with van der Waals surface area (Å²) in [4.78, 5) is 17.0. The van der Waals surface area contributed by atoms with Crippen molar-refractivity contribution in [3.63, 3.8) is 0 Å². The summed E-state index contributed by atoms with van der Waals surface area (Å²) in [5, 5.41) is 22.5. The molecule has 1 aliphatic carbocycles. The Hall–Kier alpha value is -3.41. The highest BCUT2D eigenvalue weighted by molar-refractivity contribution is 5.85. The van der Waals surface area contributed by atoms with E-state index in [1.165, 1.54) is 0 Å². The number of aliphatic carboxylic acids is 1. The van der Waals surface area contributed by atoms with E-state index in [0.717, 1.165) is 36.8 Å². The van der Waals surface area contributed by atoms with Gasteiger partial charge in [0.2, 0.25) is 5.82 Å². The molecular weight excluding hydrogens is 444 g/mol. The number of nitrogens with zero attached hydrogens (tertiary/aromatic N) is 4. The van der Waals surface area contributed by atoms with Gasteiger partial charge in [0.1, 0.15) is 11.8 Å². The van der Waals surface area contributed by atoms with Crippen molar-refractivity contribution in [1.29, 1.82) is 5.26 Å². The third kappa shape index (κ3) is 6.09. The second-order valence-electron chi connectivity index (χ2n) is 8.03. The number of benzene rings is 2. The number of hydrogen-bond acceptors (Lipinski definition) is 7. The normalized spacial score (nSPS) is 13.5. The molecule has 1 heterocycles. The third-order valence-corrected chi connectivity index (χ3v) is 5.44. The SMILES string of the molecule is CN(CC(=O)O)Cc1ccc(-c2noc(-c3ccc(OC4CCCC4)c(C#N)c3)n2)cc1.Cl. The van der Waals surface area contributed by atoms with Crippen LogP contribution in [0.5, 0.6) is 5.75 Å². The monoisotopic (exact) mass is 468 g/mol. The van der Waals surface area contributed by atoms with Crippen LogP contribution in [0.25, 0.3) is 22.8 Å². The second kappa shape index (κ2) is 10.9. The van der Waals surface area contributed by atoms with Crippen LogP contribution in [0.15, 0.2) is 47.0 Å². The molecule has 0 amide bonds. The Morgan fingerprint density at radius 2 is 1.91 bits per heavy atom. The first-order chi connectivity index (χ1) is 15.5. The fraction of sp³-hybridized carbons (Fsp3) is 0.333. The maximum Gasteiger partial charge on any atom is 0.317 e. The zero-order valence-corrected chi connectivity index (χ0v) is 19.0. The molecule has 9 heteroatoms. The summed E-state index contributed by atoms with van der Waals surface area (Å²) in [7, 11) is 1.76. The van der Waals surface area contributed by atoms with E-state index < -0.39 is 5.97 Å². The van der Waals surface area contributed by atoms with E-state index in [-0.39, 0.29) is 25.1 Å². The van der Waals surface area contributed by atoms with Gasteiger partial charge in [-0.1, -0.05) is 29.4 Å². The number of aromatic nitrogens is 2. The van der Waals surface area contributed by atoms with Crippen LogP contribution in [0, 0.1) is 11.3 Å². The summed E-state index contributed by atoms with van der Waals surface area (Å²) in [5.41, 5.74) is 2.87. The van der Waals surface area contributed by atoms with Gasteiger partial charge in [-0.2, -0.15) is 10.2 Å². The number of halogens is 1. The largest absolute Gasteiger partial charge is 0.489 e. The van der Waals surface area contributed by atoms with Crippen molar-refractivity contribution in [2.45, 2.75) is 38.3 Å². The van der Waals surface area contributed by atoms with Gasteiger partial charge in [-0.05, 0) is 56.5 Å². The second-order valence-corrected chi connectivity index (χ2v) is 8.03. The summed E-state index contributed by atoms with van der Waals surface area (Å²) in [6.45, 7) is 0.501. The van der Waals surface area contributed by atoms with Gasteiger partial charge < -0.3 is 14.4 Å². The van der Waals surface area contributed by atoms with E-state index in [4.69, 9.17) is 14.4 Å². The molecule has 1 fully saturated rings. The van der Waals surface area contributed by atoms with Gasteiger partial charge in [0, 0.05) is 17.7 Å². The molecule has 0 atom stereocenters. The molecular formula is C24H25ClN4O4. The average molecular weight is 469 g/mol. The standard InChI is InChI=1S/C24H24N4O4.ClH/c1-28(15-22(29)30)14-16-6-8-17(9-7-16)23-26-24(32-27-23)18-10-11-21(19(12-18)13-25)31-20-4-2-3-5-20;/h6-12,20H,2-5,14-15H2,1H3,(H,29,30);1H. The number of nitriles is 1. The number of hydrogen-bond donors (Lipinski definition) is 1. The lowest BCUT2D eigenvalue weighted by Gasteiger charge is -2.14. The Labute approximate surface area is 198 Å². The quantitative estimate of drug-likeness (QED) is 0.512. The number of likely N-dealkylation sites (N-methyl/N-ethyl adjacent to an activating group) is 1. The van der Waals surface area contributed by atoms with Gasteiger partial charge in [-0.3, -0.25) is 9.69 Å². The zero-order chi connectivity index (χ0) is 22.5. The van der Waals surface area contributed by atoms with E-state index >= 15 is 0 Å². The van der Waals surface area contributed by atoms with E-state index in [0.29, 0.717) is 35.1 Å². The topological polar surface area (TPSA) is 112 Å². The predicted molar refractivity (Wildman–Crippen MR) is 124 cm³/mol. The first-order valence-corrected chi connectivity index (χ1v) is 10.6. The van der Waals surface area contributed by atoms with Crippen LogP contribution in [0.4, 0.5) is 0 Å². The van der Waals surface area contributed by atoms with Crippen molar-refractivity contribution in [1.82, 2.24) is 15.0 Å². The van der Waals surface area contributed by atoms with Crippen LogP contribution >= 0.6 is 12.4 Å². The highest BCUT2D eigenvalue weighted by atomic mass is 35.5. The van der Waals surface area contributed by atoms with E-state index in [9.17, 15) is 10.1 Å². The summed E-state index contributed by atoms with van der Waals surface area (Å²) < 4.78 is 11.4. The number of ether oxygens (including phenoxy) is 1. The van der Waals surface area contributed by atoms with Crippen molar-refractivity contribution in [2.75, 3.05) is 13.6 Å². The van der Waals surface area contributed by atoms with Crippen LogP contribution < -0.4 is 4.74 Å². The minimum Gasteiger partial charge on any atom is -0.489 e. The molecule has 1 aromatic heterocycles. The third-order valence-electron chi connectivity index (χ3n) is 5.44. The van der Waals surface area contributed by atoms with Gasteiger partial charge in [0.05, 0.1) is 18.2 Å². The number of carbonyl (C=O) groups is 1. The Bertz CT molecular complexity index is 1130. The lowest BCUT2D eigenvalue weighted by atomic mass is 10.1. The Kier molecular flexibility index (Phi) is 8.04. The molecule has 3 aromatic rings. The van der Waals surface area contributed by atoms with Crippen molar-refractivity contribution in [3.8, 4) is 34.7 Å². The Balaban J connectivity index is 0.00000306. The lowest BCUT2D eigenvalue weighted by molar-refractivity contribution is -0.138. The Morgan fingerprint density at radius 3 is 2.58 bits per heavy atom. The molecule has 4 rings (SSSR count). The maximum absolute atomic E-state index is 10.8. The van der Waals surface area contributed by atoms with Crippen molar-refractivity contribution in [2.24, 2.45) is 0 Å². The fourth-order valence-corrected chi connectivity index (χ4v) is 3.85. The predicted octanol–water partition coefficient (Wildman–Crippen LogP) is 4.53. The summed E-state index contributed by atoms with van der Waals surface area (Å²) >= 11 is 0. The molecule has 0 unspecified atom stereocenters. The van der Waals surface area contributed by atoms with Crippen molar-refractivity contribution in [3.05, 3.63) is 53.6 Å². The number of carboxylic acid groups (broad SMARTS) is 1. The maximum atomic E-state index is 10.8. The lowest BCUT2D eigenvalue weighted by Crippen LogP contribution is -2.25. The van der Waals surface area contributed by atoms with Gasteiger partial charge in [-0.25, -0.2) is 0 Å². The summed E-state index contributed by atoms with van der Waals surface area (Å²) in [6.07, 6.45) is 4.54. The molecule has 1 saturated carbocycles. The molecule has 172 valence electrons. The number of rotatable bonds is 8. The molecule has 8 nitrogen and oxygen atoms in total. The Morgan fingerprint density at radius 1 is 1.21 bits per heavy atom. The summed E-state index contributed by atoms with van der Waals surface area (Å²) in [5.74, 6) is 0.497. The molecule has 0 radical (unpaired) electrons. The smallest absolute Gasteiger partial charge is 0.317 e. The van der Waals surface area contributed by atoms with Crippen LogP contribution in [-0.4, -0.2) is 45.8 Å². The summed E-state index contributed by atoms with van der Waals surface area (Å²) in [6, 6.07) is 15.1. The van der Waals surface area contributed by atoms with Gasteiger partial charge in [0.25, 0.3) is 5.89 Å². The molecule has 1 N–H and O–H groups in total. The van der Waals surface area contributed by atoms with Gasteiger partial charge >= 0.3 is 5.97 Å². The van der Waals surface area contributed by atoms with Gasteiger partial charge in [-0.15, -0.1) is 12.4 Å².